The maximum Gasteiger partial charge on any atom is 0.415 e. The molecule has 3 aromatic carbocycles. The normalized spacial score (nSPS) is 16.5. The summed E-state index contributed by atoms with van der Waals surface area (Å²) >= 11 is 0. The average molecular weight is 584 g/mol. The van der Waals surface area contributed by atoms with Crippen LogP contribution in [0.5, 0.6) is 0 Å². The first kappa shape index (κ1) is 31.2. The SMILES string of the molecule is COC(=O)N1C=CC(=O)N(C(=O)[C@@H](C)[C@H](c2ccccc2)N(Cc2ccccc2)OC(=O)c2ccccc2)[C@@H]1C(C)(C)C. The monoisotopic (exact) mass is 583 g/mol. The molecule has 43 heavy (non-hydrogen) atoms. The minimum Gasteiger partial charge on any atom is -0.452 e. The Kier molecular flexibility index (Phi) is 9.77. The number of hydrogen-bond donors (Lipinski definition) is 0. The van der Waals surface area contributed by atoms with Crippen LogP contribution in [0.15, 0.2) is 103 Å². The van der Waals surface area contributed by atoms with E-state index in [9.17, 15) is 19.2 Å². The van der Waals surface area contributed by atoms with Crippen LogP contribution < -0.4 is 0 Å². The van der Waals surface area contributed by atoms with E-state index < -0.39 is 47.4 Å². The second-order valence-corrected chi connectivity index (χ2v) is 11.4. The highest BCUT2D eigenvalue weighted by molar-refractivity contribution is 6.03. The van der Waals surface area contributed by atoms with Gasteiger partial charge in [-0.1, -0.05) is 107 Å². The van der Waals surface area contributed by atoms with Gasteiger partial charge in [0.1, 0.15) is 6.17 Å². The number of hydroxylamine groups is 2. The second kappa shape index (κ2) is 13.5. The lowest BCUT2D eigenvalue weighted by atomic mass is 9.87. The summed E-state index contributed by atoms with van der Waals surface area (Å²) in [6, 6.07) is 26.5. The summed E-state index contributed by atoms with van der Waals surface area (Å²) in [6.07, 6.45) is 0.865. The molecule has 1 aliphatic heterocycles. The fraction of sp³-hybridized carbons (Fsp3) is 0.294. The Hall–Kier alpha value is -4.76. The van der Waals surface area contributed by atoms with Gasteiger partial charge in [-0.3, -0.25) is 19.4 Å². The molecule has 0 saturated carbocycles. The maximum absolute atomic E-state index is 14.5. The predicted molar refractivity (Wildman–Crippen MR) is 161 cm³/mol. The van der Waals surface area contributed by atoms with Crippen LogP contribution in [0.1, 0.15) is 55.2 Å². The molecule has 0 aliphatic carbocycles. The van der Waals surface area contributed by atoms with E-state index in [1.54, 1.807) is 37.3 Å². The van der Waals surface area contributed by atoms with Crippen LogP contribution in [0.25, 0.3) is 0 Å². The molecule has 3 aromatic rings. The van der Waals surface area contributed by atoms with Crippen molar-refractivity contribution in [3.8, 4) is 0 Å². The molecule has 1 heterocycles. The number of ether oxygens (including phenoxy) is 1. The smallest absolute Gasteiger partial charge is 0.415 e. The summed E-state index contributed by atoms with van der Waals surface area (Å²) in [5.41, 5.74) is 1.18. The van der Waals surface area contributed by atoms with Crippen molar-refractivity contribution < 1.29 is 28.8 Å². The first-order valence-corrected chi connectivity index (χ1v) is 14.1. The van der Waals surface area contributed by atoms with Crippen molar-refractivity contribution in [3.63, 3.8) is 0 Å². The van der Waals surface area contributed by atoms with Gasteiger partial charge >= 0.3 is 12.1 Å². The quantitative estimate of drug-likeness (QED) is 0.302. The van der Waals surface area contributed by atoms with Crippen molar-refractivity contribution in [2.75, 3.05) is 7.11 Å². The largest absolute Gasteiger partial charge is 0.452 e. The number of rotatable bonds is 8. The summed E-state index contributed by atoms with van der Waals surface area (Å²) < 4.78 is 4.97. The summed E-state index contributed by atoms with van der Waals surface area (Å²) in [5, 5.41) is 1.50. The molecule has 224 valence electrons. The number of imide groups is 1. The number of benzene rings is 3. The van der Waals surface area contributed by atoms with E-state index in [0.717, 1.165) is 10.5 Å². The van der Waals surface area contributed by atoms with E-state index in [1.165, 1.54) is 29.3 Å². The van der Waals surface area contributed by atoms with Gasteiger partial charge in [0.25, 0.3) is 5.91 Å². The van der Waals surface area contributed by atoms with Crippen LogP contribution in [0.3, 0.4) is 0 Å². The van der Waals surface area contributed by atoms with E-state index in [-0.39, 0.29) is 6.54 Å². The second-order valence-electron chi connectivity index (χ2n) is 11.4. The van der Waals surface area contributed by atoms with E-state index in [0.29, 0.717) is 11.1 Å². The van der Waals surface area contributed by atoms with Gasteiger partial charge < -0.3 is 9.57 Å². The van der Waals surface area contributed by atoms with Gasteiger partial charge in [-0.05, 0) is 23.3 Å². The van der Waals surface area contributed by atoms with Gasteiger partial charge in [0.05, 0.1) is 31.2 Å². The molecule has 9 heteroatoms. The van der Waals surface area contributed by atoms with Crippen LogP contribution in [-0.2, 0) is 25.7 Å². The number of nitrogens with zero attached hydrogens (tertiary/aromatic N) is 3. The Morgan fingerprint density at radius 3 is 2.00 bits per heavy atom. The number of amides is 3. The van der Waals surface area contributed by atoms with Gasteiger partial charge in [-0.25, -0.2) is 9.59 Å². The molecule has 0 spiro atoms. The van der Waals surface area contributed by atoms with Crippen LogP contribution in [0.4, 0.5) is 4.79 Å². The van der Waals surface area contributed by atoms with Gasteiger partial charge in [0.2, 0.25) is 5.91 Å². The lowest BCUT2D eigenvalue weighted by Gasteiger charge is -2.46. The lowest BCUT2D eigenvalue weighted by Crippen LogP contribution is -2.62. The molecule has 0 bridgehead atoms. The third-order valence-electron chi connectivity index (χ3n) is 7.23. The lowest BCUT2D eigenvalue weighted by molar-refractivity contribution is -0.176. The standard InChI is InChI=1S/C34H37N3O6/c1-24(30(39)37-28(38)21-22-35(33(41)42-5)32(37)34(2,3)4)29(26-17-11-7-12-18-26)36(23-25-15-9-6-10-16-25)43-31(40)27-19-13-8-14-20-27/h6-22,24,29,32H,23H2,1-5H3/t24-,29+,32+/m0/s1. The Bertz CT molecular complexity index is 1450. The summed E-state index contributed by atoms with van der Waals surface area (Å²) in [7, 11) is 1.25. The van der Waals surface area contributed by atoms with Crippen molar-refractivity contribution >= 4 is 23.9 Å². The van der Waals surface area contributed by atoms with E-state index in [2.05, 4.69) is 0 Å². The predicted octanol–water partition coefficient (Wildman–Crippen LogP) is 5.96. The van der Waals surface area contributed by atoms with Crippen molar-refractivity contribution in [1.82, 2.24) is 14.9 Å². The molecule has 1 aliphatic rings. The Morgan fingerprint density at radius 1 is 0.884 bits per heavy atom. The molecule has 3 atom stereocenters. The fourth-order valence-electron chi connectivity index (χ4n) is 5.24. The summed E-state index contributed by atoms with van der Waals surface area (Å²) in [6.45, 7) is 7.37. The molecular weight excluding hydrogens is 546 g/mol. The molecule has 0 radical (unpaired) electrons. The van der Waals surface area contributed by atoms with Crippen molar-refractivity contribution in [3.05, 3.63) is 120 Å². The zero-order valence-electron chi connectivity index (χ0n) is 25.0. The summed E-state index contributed by atoms with van der Waals surface area (Å²) in [4.78, 5) is 62.4. The minimum absolute atomic E-state index is 0.168. The van der Waals surface area contributed by atoms with Crippen LogP contribution in [0, 0.1) is 11.3 Å². The van der Waals surface area contributed by atoms with Gasteiger partial charge in [0.15, 0.2) is 0 Å². The zero-order chi connectivity index (χ0) is 31.1. The molecule has 9 nitrogen and oxygen atoms in total. The third-order valence-corrected chi connectivity index (χ3v) is 7.23. The van der Waals surface area contributed by atoms with Crippen molar-refractivity contribution in [1.29, 1.82) is 0 Å². The summed E-state index contributed by atoms with van der Waals surface area (Å²) in [5.74, 6) is -2.58. The molecule has 3 amide bonds. The molecule has 0 N–H and O–H groups in total. The molecule has 0 saturated heterocycles. The maximum atomic E-state index is 14.5. The molecular formula is C34H37N3O6. The first-order chi connectivity index (χ1) is 20.5. The number of carbonyl (C=O) groups excluding carboxylic acids is 4. The van der Waals surface area contributed by atoms with Crippen LogP contribution >= 0.6 is 0 Å². The van der Waals surface area contributed by atoms with Crippen LogP contribution in [-0.4, -0.2) is 52.0 Å². The van der Waals surface area contributed by atoms with Crippen LogP contribution in [0.2, 0.25) is 0 Å². The Labute approximate surface area is 252 Å². The molecule has 0 fully saturated rings. The van der Waals surface area contributed by atoms with Gasteiger partial charge in [-0.15, -0.1) is 5.06 Å². The van der Waals surface area contributed by atoms with Gasteiger partial charge in [0, 0.05) is 17.7 Å². The van der Waals surface area contributed by atoms with Crippen molar-refractivity contribution in [2.24, 2.45) is 11.3 Å². The molecule has 0 aromatic heterocycles. The zero-order valence-corrected chi connectivity index (χ0v) is 25.0. The highest BCUT2D eigenvalue weighted by Crippen LogP contribution is 2.37. The number of carbonyl (C=O) groups is 4. The fourth-order valence-corrected chi connectivity index (χ4v) is 5.24. The molecule has 4 rings (SSSR count). The highest BCUT2D eigenvalue weighted by atomic mass is 16.7. The third kappa shape index (κ3) is 7.18. The van der Waals surface area contributed by atoms with Crippen molar-refractivity contribution in [2.45, 2.75) is 46.4 Å². The first-order valence-electron chi connectivity index (χ1n) is 14.1. The van der Waals surface area contributed by atoms with Gasteiger partial charge in [-0.2, -0.15) is 0 Å². The number of hydrogen-bond acceptors (Lipinski definition) is 7. The molecule has 0 unspecified atom stereocenters. The average Bonchev–Trinajstić information content (AvgIpc) is 3.01. The highest BCUT2D eigenvalue weighted by Gasteiger charge is 2.48. The van der Waals surface area contributed by atoms with E-state index in [1.807, 2.05) is 81.4 Å². The topological polar surface area (TPSA) is 96.5 Å². The number of methoxy groups -OCH3 is 1. The van der Waals surface area contributed by atoms with E-state index in [4.69, 9.17) is 9.57 Å². The minimum atomic E-state index is -0.960. The Morgan fingerprint density at radius 2 is 1.44 bits per heavy atom. The Balaban J connectivity index is 1.79. The van der Waals surface area contributed by atoms with E-state index >= 15 is 0 Å².